The fraction of sp³-hybridized carbons (Fsp3) is 0.571. The molecular weight excluding hydrogens is 228 g/mol. The number of hydrogen-bond donors (Lipinski definition) is 3. The van der Waals surface area contributed by atoms with Gasteiger partial charge in [0.05, 0.1) is 6.10 Å². The van der Waals surface area contributed by atoms with Crippen molar-refractivity contribution in [3.05, 3.63) is 23.8 Å². The van der Waals surface area contributed by atoms with E-state index in [-0.39, 0.29) is 17.9 Å². The van der Waals surface area contributed by atoms with Crippen LogP contribution in [0.25, 0.3) is 0 Å². The summed E-state index contributed by atoms with van der Waals surface area (Å²) in [6, 6.07) is 5.38. The predicted octanol–water partition coefficient (Wildman–Crippen LogP) is 1.62. The van der Waals surface area contributed by atoms with Crippen molar-refractivity contribution in [3.63, 3.8) is 0 Å². The molecule has 4 N–H and O–H groups in total. The molecule has 2 rings (SSSR count). The van der Waals surface area contributed by atoms with Crippen molar-refractivity contribution in [2.45, 2.75) is 32.4 Å². The molecule has 1 heterocycles. The first-order chi connectivity index (χ1) is 8.49. The highest BCUT2D eigenvalue weighted by atomic mass is 16.3. The molecule has 3 atom stereocenters. The molecule has 0 aromatic heterocycles. The molecule has 1 fully saturated rings. The molecule has 1 aliphatic heterocycles. The second kappa shape index (κ2) is 5.16. The van der Waals surface area contributed by atoms with E-state index in [0.29, 0.717) is 12.5 Å². The average molecular weight is 250 g/mol. The third-order valence-electron chi connectivity index (χ3n) is 3.79. The predicted molar refractivity (Wildman–Crippen MR) is 72.7 cm³/mol. The fourth-order valence-electron chi connectivity index (χ4n) is 2.40. The minimum absolute atomic E-state index is 0.175. The number of aromatic hydroxyl groups is 1. The molecule has 4 nitrogen and oxygen atoms in total. The van der Waals surface area contributed by atoms with Crippen LogP contribution in [0.5, 0.6) is 5.75 Å². The summed E-state index contributed by atoms with van der Waals surface area (Å²) in [5, 5.41) is 19.8. The smallest absolute Gasteiger partial charge is 0.122 e. The highest BCUT2D eigenvalue weighted by Crippen LogP contribution is 2.30. The zero-order valence-electron chi connectivity index (χ0n) is 11.0. The van der Waals surface area contributed by atoms with Crippen LogP contribution in [-0.2, 0) is 0 Å². The summed E-state index contributed by atoms with van der Waals surface area (Å²) in [5.74, 6) is 0.578. The van der Waals surface area contributed by atoms with Crippen LogP contribution in [0.4, 0.5) is 5.69 Å². The van der Waals surface area contributed by atoms with Crippen LogP contribution in [0.15, 0.2) is 18.2 Å². The molecule has 3 unspecified atom stereocenters. The second-order valence-electron chi connectivity index (χ2n) is 5.31. The maximum absolute atomic E-state index is 9.94. The first-order valence-electron chi connectivity index (χ1n) is 6.50. The van der Waals surface area contributed by atoms with Crippen LogP contribution in [-0.4, -0.2) is 29.4 Å². The van der Waals surface area contributed by atoms with E-state index in [0.717, 1.165) is 24.2 Å². The Balaban J connectivity index is 2.17. The fourth-order valence-corrected chi connectivity index (χ4v) is 2.40. The standard InChI is InChI=1S/C14H22N2O2/c1-9-5-6-16(8-14(9)18)11-3-4-12(10(2)15)13(17)7-11/h3-4,7,9-10,14,17-18H,5-6,8,15H2,1-2H3. The first kappa shape index (κ1) is 13.2. The number of hydrogen-bond acceptors (Lipinski definition) is 4. The number of β-amino-alcohol motifs (C(OH)–C–C–N with tert-alkyl or cyclic N) is 1. The molecule has 1 aromatic rings. The summed E-state index contributed by atoms with van der Waals surface area (Å²) in [4.78, 5) is 2.11. The zero-order valence-corrected chi connectivity index (χ0v) is 11.0. The molecule has 100 valence electrons. The Kier molecular flexibility index (Phi) is 3.78. The quantitative estimate of drug-likeness (QED) is 0.746. The van der Waals surface area contributed by atoms with Crippen molar-refractivity contribution in [3.8, 4) is 5.75 Å². The Labute approximate surface area is 108 Å². The van der Waals surface area contributed by atoms with Crippen molar-refractivity contribution in [1.29, 1.82) is 0 Å². The number of phenols is 1. The van der Waals surface area contributed by atoms with E-state index in [9.17, 15) is 10.2 Å². The Morgan fingerprint density at radius 3 is 2.72 bits per heavy atom. The van der Waals surface area contributed by atoms with E-state index >= 15 is 0 Å². The number of aliphatic hydroxyl groups is 1. The van der Waals surface area contributed by atoms with Gasteiger partial charge in [0.2, 0.25) is 0 Å². The summed E-state index contributed by atoms with van der Waals surface area (Å²) in [6.45, 7) is 5.45. The van der Waals surface area contributed by atoms with Gasteiger partial charge >= 0.3 is 0 Å². The normalized spacial score (nSPS) is 26.1. The molecule has 0 aliphatic carbocycles. The van der Waals surface area contributed by atoms with Crippen LogP contribution in [0.1, 0.15) is 31.9 Å². The minimum atomic E-state index is -0.297. The van der Waals surface area contributed by atoms with Crippen molar-refractivity contribution in [1.82, 2.24) is 0 Å². The molecular formula is C14H22N2O2. The van der Waals surface area contributed by atoms with Crippen molar-refractivity contribution in [2.75, 3.05) is 18.0 Å². The lowest BCUT2D eigenvalue weighted by atomic mass is 9.95. The van der Waals surface area contributed by atoms with E-state index in [1.807, 2.05) is 19.1 Å². The van der Waals surface area contributed by atoms with Crippen molar-refractivity contribution in [2.24, 2.45) is 11.7 Å². The molecule has 18 heavy (non-hydrogen) atoms. The number of nitrogens with two attached hydrogens (primary N) is 1. The van der Waals surface area contributed by atoms with Gasteiger partial charge in [-0.05, 0) is 25.3 Å². The van der Waals surface area contributed by atoms with Crippen LogP contribution in [0, 0.1) is 5.92 Å². The molecule has 0 spiro atoms. The van der Waals surface area contributed by atoms with Gasteiger partial charge in [-0.3, -0.25) is 0 Å². The number of anilines is 1. The van der Waals surface area contributed by atoms with Gasteiger partial charge in [0.25, 0.3) is 0 Å². The minimum Gasteiger partial charge on any atom is -0.508 e. The monoisotopic (exact) mass is 250 g/mol. The van der Waals surface area contributed by atoms with Gasteiger partial charge < -0.3 is 20.8 Å². The van der Waals surface area contributed by atoms with E-state index in [1.165, 1.54) is 0 Å². The summed E-state index contributed by atoms with van der Waals surface area (Å²) in [5.41, 5.74) is 7.47. The van der Waals surface area contributed by atoms with Gasteiger partial charge in [-0.1, -0.05) is 13.0 Å². The second-order valence-corrected chi connectivity index (χ2v) is 5.31. The summed E-state index contributed by atoms with van der Waals surface area (Å²) in [7, 11) is 0. The number of rotatable bonds is 2. The van der Waals surface area contributed by atoms with E-state index in [1.54, 1.807) is 6.07 Å². The van der Waals surface area contributed by atoms with Gasteiger partial charge in [-0.25, -0.2) is 0 Å². The van der Waals surface area contributed by atoms with Crippen LogP contribution in [0.3, 0.4) is 0 Å². The molecule has 0 radical (unpaired) electrons. The largest absolute Gasteiger partial charge is 0.508 e. The highest BCUT2D eigenvalue weighted by Gasteiger charge is 2.24. The molecule has 1 aliphatic rings. The lowest BCUT2D eigenvalue weighted by Gasteiger charge is -2.36. The summed E-state index contributed by atoms with van der Waals surface area (Å²) >= 11 is 0. The number of aliphatic hydroxyl groups excluding tert-OH is 1. The molecule has 4 heteroatoms. The van der Waals surface area contributed by atoms with Gasteiger partial charge in [-0.15, -0.1) is 0 Å². The Bertz CT molecular complexity index is 420. The van der Waals surface area contributed by atoms with Crippen LogP contribution in [0.2, 0.25) is 0 Å². The lowest BCUT2D eigenvalue weighted by molar-refractivity contribution is 0.103. The van der Waals surface area contributed by atoms with Gasteiger partial charge in [0, 0.05) is 36.4 Å². The highest BCUT2D eigenvalue weighted by molar-refractivity contribution is 5.54. The number of phenolic OH excluding ortho intramolecular Hbond substituents is 1. The van der Waals surface area contributed by atoms with Gasteiger partial charge in [0.15, 0.2) is 0 Å². The van der Waals surface area contributed by atoms with Gasteiger partial charge in [0.1, 0.15) is 5.75 Å². The Morgan fingerprint density at radius 2 is 2.17 bits per heavy atom. The SMILES string of the molecule is CC(N)c1ccc(N2CCC(C)C(O)C2)cc1O. The van der Waals surface area contributed by atoms with Crippen LogP contribution < -0.4 is 10.6 Å². The van der Waals surface area contributed by atoms with Crippen molar-refractivity contribution >= 4 is 5.69 Å². The van der Waals surface area contributed by atoms with Gasteiger partial charge in [-0.2, -0.15) is 0 Å². The first-order valence-corrected chi connectivity index (χ1v) is 6.50. The Morgan fingerprint density at radius 1 is 1.44 bits per heavy atom. The molecule has 1 saturated heterocycles. The topological polar surface area (TPSA) is 69.7 Å². The third kappa shape index (κ3) is 2.60. The molecule has 1 aromatic carbocycles. The summed E-state index contributed by atoms with van der Waals surface area (Å²) < 4.78 is 0. The van der Waals surface area contributed by atoms with E-state index in [4.69, 9.17) is 5.73 Å². The maximum atomic E-state index is 9.94. The van der Waals surface area contributed by atoms with Crippen LogP contribution >= 0.6 is 0 Å². The number of nitrogens with zero attached hydrogens (tertiary/aromatic N) is 1. The zero-order chi connectivity index (χ0) is 13.3. The third-order valence-corrected chi connectivity index (χ3v) is 3.79. The summed E-state index contributed by atoms with van der Waals surface area (Å²) in [6.07, 6.45) is 0.672. The molecule has 0 bridgehead atoms. The van der Waals surface area contributed by atoms with E-state index in [2.05, 4.69) is 11.8 Å². The molecule has 0 amide bonds. The van der Waals surface area contributed by atoms with Crippen molar-refractivity contribution < 1.29 is 10.2 Å². The number of benzene rings is 1. The Hall–Kier alpha value is -1.26. The molecule has 0 saturated carbocycles. The average Bonchev–Trinajstić information content (AvgIpc) is 2.32. The lowest BCUT2D eigenvalue weighted by Crippen LogP contribution is -2.42. The number of piperidine rings is 1. The maximum Gasteiger partial charge on any atom is 0.122 e. The van der Waals surface area contributed by atoms with E-state index < -0.39 is 0 Å².